The molecule has 0 saturated heterocycles. The van der Waals surface area contributed by atoms with E-state index in [1.165, 1.54) is 23.9 Å². The smallest absolute Gasteiger partial charge is 0.226 e. The summed E-state index contributed by atoms with van der Waals surface area (Å²) in [7, 11) is -3.84. The third-order valence-electron chi connectivity index (χ3n) is 4.96. The quantitative estimate of drug-likeness (QED) is 0.663. The van der Waals surface area contributed by atoms with Gasteiger partial charge < -0.3 is 10.2 Å². The lowest BCUT2D eigenvalue weighted by Gasteiger charge is -2.20. The first kappa shape index (κ1) is 20.6. The maximum absolute atomic E-state index is 13.3. The van der Waals surface area contributed by atoms with Crippen LogP contribution in [0.2, 0.25) is 0 Å². The summed E-state index contributed by atoms with van der Waals surface area (Å²) in [5.41, 5.74) is 1.43. The molecular formula is C21H20FN3O3S2. The fourth-order valence-electron chi connectivity index (χ4n) is 3.41. The monoisotopic (exact) mass is 445 g/mol. The first-order chi connectivity index (χ1) is 14.4. The number of hydrogen-bond acceptors (Lipinski definition) is 6. The second-order valence-electron chi connectivity index (χ2n) is 6.92. The van der Waals surface area contributed by atoms with Crippen LogP contribution in [0.5, 0.6) is 0 Å². The highest BCUT2D eigenvalue weighted by molar-refractivity contribution is 8.16. The van der Waals surface area contributed by atoms with E-state index in [-0.39, 0.29) is 23.8 Å². The molecule has 2 heterocycles. The van der Waals surface area contributed by atoms with Crippen molar-refractivity contribution >= 4 is 32.7 Å². The van der Waals surface area contributed by atoms with Crippen LogP contribution in [0.1, 0.15) is 17.2 Å². The number of sulfone groups is 1. The Bertz CT molecular complexity index is 1100. The molecule has 2 aromatic rings. The number of thioether (sulfide) groups is 1. The van der Waals surface area contributed by atoms with Crippen molar-refractivity contribution in [2.75, 3.05) is 19.6 Å². The highest BCUT2D eigenvalue weighted by atomic mass is 32.2. The van der Waals surface area contributed by atoms with Crippen LogP contribution in [0.4, 0.5) is 4.39 Å². The largest absolute Gasteiger partial charge is 0.354 e. The van der Waals surface area contributed by atoms with Gasteiger partial charge in [0.25, 0.3) is 0 Å². The first-order valence-corrected chi connectivity index (χ1v) is 11.9. The van der Waals surface area contributed by atoms with E-state index in [9.17, 15) is 17.6 Å². The minimum Gasteiger partial charge on any atom is -0.354 e. The zero-order valence-corrected chi connectivity index (χ0v) is 17.6. The van der Waals surface area contributed by atoms with Crippen LogP contribution in [0.3, 0.4) is 0 Å². The number of carbonyl (C=O) groups is 1. The Morgan fingerprint density at radius 3 is 2.63 bits per heavy atom. The van der Waals surface area contributed by atoms with Gasteiger partial charge in [0, 0.05) is 18.8 Å². The van der Waals surface area contributed by atoms with Gasteiger partial charge in [-0.2, -0.15) is 0 Å². The van der Waals surface area contributed by atoms with Crippen molar-refractivity contribution in [3.8, 4) is 0 Å². The predicted octanol–water partition coefficient (Wildman–Crippen LogP) is 3.11. The number of hydrogen-bond donors (Lipinski definition) is 1. The molecule has 156 valence electrons. The molecule has 4 rings (SSSR count). The van der Waals surface area contributed by atoms with Gasteiger partial charge in [-0.15, -0.1) is 0 Å². The maximum Gasteiger partial charge on any atom is 0.226 e. The molecule has 1 atom stereocenters. The second-order valence-corrected chi connectivity index (χ2v) is 9.89. The van der Waals surface area contributed by atoms with E-state index in [1.54, 1.807) is 30.3 Å². The minimum absolute atomic E-state index is 0.0137. The van der Waals surface area contributed by atoms with E-state index >= 15 is 0 Å². The molecule has 0 spiro atoms. The lowest BCUT2D eigenvalue weighted by Crippen LogP contribution is -2.33. The summed E-state index contributed by atoms with van der Waals surface area (Å²) in [5, 5.41) is 4.59. The molecule has 0 aliphatic carbocycles. The number of nitrogens with zero attached hydrogens (tertiary/aromatic N) is 2. The van der Waals surface area contributed by atoms with Crippen molar-refractivity contribution in [3.05, 3.63) is 77.1 Å². The molecule has 0 saturated carbocycles. The second kappa shape index (κ2) is 8.61. The summed E-state index contributed by atoms with van der Waals surface area (Å²) in [6.45, 7) is 1.39. The summed E-state index contributed by atoms with van der Waals surface area (Å²) in [6.07, 6.45) is 0.157. The molecular weight excluding hydrogens is 425 g/mol. The van der Waals surface area contributed by atoms with Crippen LogP contribution in [0.15, 0.2) is 75.6 Å². The van der Waals surface area contributed by atoms with E-state index in [1.807, 2.05) is 10.3 Å². The number of halogens is 1. The highest BCUT2D eigenvalue weighted by Crippen LogP contribution is 2.31. The Morgan fingerprint density at radius 2 is 1.90 bits per heavy atom. The number of benzene rings is 2. The average molecular weight is 446 g/mol. The van der Waals surface area contributed by atoms with Gasteiger partial charge >= 0.3 is 0 Å². The fourth-order valence-corrected chi connectivity index (χ4v) is 6.03. The van der Waals surface area contributed by atoms with Crippen molar-refractivity contribution in [3.63, 3.8) is 0 Å². The van der Waals surface area contributed by atoms with Crippen LogP contribution >= 0.6 is 11.8 Å². The minimum atomic E-state index is -3.84. The maximum atomic E-state index is 13.3. The zero-order valence-electron chi connectivity index (χ0n) is 16.0. The van der Waals surface area contributed by atoms with E-state index in [2.05, 4.69) is 10.3 Å². The summed E-state index contributed by atoms with van der Waals surface area (Å²) >= 11 is 1.49. The SMILES string of the molecule is O=C(CC1=CSC2=NCCN12)NCC(c1ccccc1)S(=O)(=O)c1ccc(F)cc1. The Labute approximate surface area is 178 Å². The molecule has 9 heteroatoms. The normalized spacial score (nSPS) is 16.6. The van der Waals surface area contributed by atoms with Crippen LogP contribution in [-0.2, 0) is 14.6 Å². The predicted molar refractivity (Wildman–Crippen MR) is 115 cm³/mol. The third kappa shape index (κ3) is 4.27. The topological polar surface area (TPSA) is 78.8 Å². The van der Waals surface area contributed by atoms with E-state index in [0.717, 1.165) is 29.5 Å². The summed E-state index contributed by atoms with van der Waals surface area (Å²) in [4.78, 5) is 18.9. The van der Waals surface area contributed by atoms with E-state index in [0.29, 0.717) is 12.1 Å². The van der Waals surface area contributed by atoms with Gasteiger partial charge in [0.05, 0.1) is 17.9 Å². The number of amidine groups is 1. The molecule has 30 heavy (non-hydrogen) atoms. The fraction of sp³-hybridized carbons (Fsp3) is 0.238. The molecule has 2 aromatic carbocycles. The number of aliphatic imine (C=N–C) groups is 1. The van der Waals surface area contributed by atoms with E-state index < -0.39 is 20.9 Å². The van der Waals surface area contributed by atoms with Crippen molar-refractivity contribution in [2.45, 2.75) is 16.6 Å². The van der Waals surface area contributed by atoms with Gasteiger partial charge in [-0.25, -0.2) is 12.8 Å². The Hall–Kier alpha value is -2.65. The summed E-state index contributed by atoms with van der Waals surface area (Å²) in [5.74, 6) is -0.767. The van der Waals surface area contributed by atoms with Crippen LogP contribution in [0, 0.1) is 5.82 Å². The molecule has 2 aliphatic rings. The van der Waals surface area contributed by atoms with E-state index in [4.69, 9.17) is 0 Å². The molecule has 1 unspecified atom stereocenters. The van der Waals surface area contributed by atoms with Crippen molar-refractivity contribution < 1.29 is 17.6 Å². The average Bonchev–Trinajstić information content (AvgIpc) is 3.34. The molecule has 6 nitrogen and oxygen atoms in total. The summed E-state index contributed by atoms with van der Waals surface area (Å²) in [6, 6.07) is 13.4. The van der Waals surface area contributed by atoms with Gasteiger partial charge in [-0.05, 0) is 35.2 Å². The molecule has 1 N–H and O–H groups in total. The van der Waals surface area contributed by atoms with Crippen molar-refractivity contribution in [1.29, 1.82) is 0 Å². The molecule has 0 fully saturated rings. The van der Waals surface area contributed by atoms with Gasteiger partial charge in [0.2, 0.25) is 5.91 Å². The Morgan fingerprint density at radius 1 is 1.17 bits per heavy atom. The van der Waals surface area contributed by atoms with Gasteiger partial charge in [0.1, 0.15) is 11.1 Å². The van der Waals surface area contributed by atoms with Crippen molar-refractivity contribution in [2.24, 2.45) is 4.99 Å². The molecule has 2 aliphatic heterocycles. The molecule has 0 aromatic heterocycles. The molecule has 0 bridgehead atoms. The lowest BCUT2D eigenvalue weighted by molar-refractivity contribution is -0.120. The number of nitrogens with one attached hydrogen (secondary N) is 1. The molecule has 0 radical (unpaired) electrons. The zero-order chi connectivity index (χ0) is 21.1. The first-order valence-electron chi connectivity index (χ1n) is 9.44. The lowest BCUT2D eigenvalue weighted by atomic mass is 10.1. The van der Waals surface area contributed by atoms with Gasteiger partial charge in [0.15, 0.2) is 15.0 Å². The van der Waals surface area contributed by atoms with Crippen LogP contribution in [0.25, 0.3) is 0 Å². The number of fused-ring (bicyclic) bond motifs is 1. The highest BCUT2D eigenvalue weighted by Gasteiger charge is 2.31. The van der Waals surface area contributed by atoms with Crippen molar-refractivity contribution in [1.82, 2.24) is 10.2 Å². The number of carbonyl (C=O) groups excluding carboxylic acids is 1. The van der Waals surface area contributed by atoms with Crippen LogP contribution in [-0.4, -0.2) is 44.0 Å². The van der Waals surface area contributed by atoms with Gasteiger partial charge in [-0.1, -0.05) is 42.1 Å². The summed E-state index contributed by atoms with van der Waals surface area (Å²) < 4.78 is 39.7. The van der Waals surface area contributed by atoms with Crippen LogP contribution < -0.4 is 5.32 Å². The number of rotatable bonds is 7. The third-order valence-corrected chi connectivity index (χ3v) is 8.03. The molecule has 1 amide bonds. The standard InChI is InChI=1S/C21H20FN3O3S2/c22-16-6-8-18(9-7-16)30(27,28)19(15-4-2-1-3-5-15)13-24-20(26)12-17-14-29-21-23-10-11-25(17)21/h1-9,14,19H,10-13H2,(H,24,26). The Kier molecular flexibility index (Phi) is 5.92. The number of amides is 1. The Balaban J connectivity index is 1.50. The van der Waals surface area contributed by atoms with Gasteiger partial charge in [-0.3, -0.25) is 9.79 Å².